The van der Waals surface area contributed by atoms with Gasteiger partial charge in [-0.15, -0.1) is 0 Å². The molecule has 0 fully saturated rings. The highest BCUT2D eigenvalue weighted by Crippen LogP contribution is 2.40. The normalized spacial score (nSPS) is 15.2. The number of carbonyl (C=O) groups is 2. The Morgan fingerprint density at radius 1 is 1.08 bits per heavy atom. The minimum Gasteiger partial charge on any atom is -0.465 e. The standard InChI is InChI=1S/C17H17BrN4O4/c1-4-25-15(23)17(16(24)26-5-2)12-13(22(3)21-14(17)18)20-11-9-7-6-8-10(11)19-12/h6-9H,4-5H2,1-3H3. The number of hydrazone groups is 1. The molecule has 136 valence electrons. The molecule has 0 saturated heterocycles. The van der Waals surface area contributed by atoms with Gasteiger partial charge in [-0.05, 0) is 41.9 Å². The van der Waals surface area contributed by atoms with E-state index < -0.39 is 17.4 Å². The SMILES string of the molecule is CCOC(=O)C1(C(=O)OCC)C(Br)=NN(C)c2nc3ccccc3nc21. The molecule has 0 saturated carbocycles. The van der Waals surface area contributed by atoms with Crippen molar-refractivity contribution in [1.29, 1.82) is 0 Å². The predicted octanol–water partition coefficient (Wildman–Crippen LogP) is 2.15. The van der Waals surface area contributed by atoms with Gasteiger partial charge < -0.3 is 9.47 Å². The minimum absolute atomic E-state index is 0.0430. The summed E-state index contributed by atoms with van der Waals surface area (Å²) in [5, 5.41) is 5.71. The molecule has 0 radical (unpaired) electrons. The van der Waals surface area contributed by atoms with Crippen LogP contribution in [-0.2, 0) is 24.5 Å². The van der Waals surface area contributed by atoms with E-state index in [0.717, 1.165) is 0 Å². The van der Waals surface area contributed by atoms with Gasteiger partial charge in [-0.2, -0.15) is 5.10 Å². The molecule has 1 aliphatic heterocycles. The third kappa shape index (κ3) is 2.63. The first-order valence-electron chi connectivity index (χ1n) is 8.06. The summed E-state index contributed by atoms with van der Waals surface area (Å²) in [6.45, 7) is 3.49. The summed E-state index contributed by atoms with van der Waals surface area (Å²) in [6, 6.07) is 7.18. The second-order valence-corrected chi connectivity index (χ2v) is 6.24. The van der Waals surface area contributed by atoms with E-state index in [0.29, 0.717) is 11.0 Å². The van der Waals surface area contributed by atoms with Crippen LogP contribution in [0.25, 0.3) is 11.0 Å². The van der Waals surface area contributed by atoms with Gasteiger partial charge in [0.2, 0.25) is 0 Å². The van der Waals surface area contributed by atoms with Gasteiger partial charge in [0.05, 0.1) is 24.2 Å². The molecule has 0 spiro atoms. The molecular weight excluding hydrogens is 404 g/mol. The second kappa shape index (κ2) is 6.99. The lowest BCUT2D eigenvalue weighted by Gasteiger charge is -2.34. The van der Waals surface area contributed by atoms with Crippen LogP contribution in [0, 0.1) is 0 Å². The number of para-hydroxylation sites is 2. The van der Waals surface area contributed by atoms with Crippen LogP contribution in [0.3, 0.4) is 0 Å². The molecular formula is C17H17BrN4O4. The summed E-state index contributed by atoms with van der Waals surface area (Å²) in [5.41, 5.74) is -0.671. The number of carbonyl (C=O) groups excluding carboxylic acids is 2. The summed E-state index contributed by atoms with van der Waals surface area (Å²) in [4.78, 5) is 35.0. The highest BCUT2D eigenvalue weighted by Gasteiger charge is 2.60. The van der Waals surface area contributed by atoms with Crippen molar-refractivity contribution in [2.45, 2.75) is 19.3 Å². The fourth-order valence-electron chi connectivity index (χ4n) is 2.74. The molecule has 0 aliphatic carbocycles. The number of rotatable bonds is 4. The van der Waals surface area contributed by atoms with Crippen molar-refractivity contribution in [3.05, 3.63) is 30.0 Å². The predicted molar refractivity (Wildman–Crippen MR) is 99.2 cm³/mol. The third-order valence-electron chi connectivity index (χ3n) is 3.92. The molecule has 0 atom stereocenters. The summed E-state index contributed by atoms with van der Waals surface area (Å²) < 4.78 is 10.4. The van der Waals surface area contributed by atoms with Gasteiger partial charge >= 0.3 is 11.9 Å². The van der Waals surface area contributed by atoms with Crippen LogP contribution in [0.5, 0.6) is 0 Å². The fourth-order valence-corrected chi connectivity index (χ4v) is 3.49. The monoisotopic (exact) mass is 420 g/mol. The van der Waals surface area contributed by atoms with Gasteiger partial charge in [-0.25, -0.2) is 24.6 Å². The van der Waals surface area contributed by atoms with E-state index in [1.165, 1.54) is 5.01 Å². The molecule has 0 amide bonds. The molecule has 26 heavy (non-hydrogen) atoms. The number of benzene rings is 1. The average Bonchev–Trinajstić information content (AvgIpc) is 2.61. The smallest absolute Gasteiger partial charge is 0.336 e. The molecule has 3 rings (SSSR count). The van der Waals surface area contributed by atoms with Crippen molar-refractivity contribution in [3.63, 3.8) is 0 Å². The van der Waals surface area contributed by atoms with Crippen LogP contribution in [-0.4, -0.2) is 46.8 Å². The number of aromatic nitrogens is 2. The number of esters is 2. The van der Waals surface area contributed by atoms with E-state index in [1.54, 1.807) is 39.1 Å². The Labute approximate surface area is 158 Å². The second-order valence-electron chi connectivity index (χ2n) is 5.49. The Morgan fingerprint density at radius 2 is 1.62 bits per heavy atom. The number of anilines is 1. The van der Waals surface area contributed by atoms with Crippen LogP contribution in [0.15, 0.2) is 29.4 Å². The molecule has 0 bridgehead atoms. The van der Waals surface area contributed by atoms with E-state index in [9.17, 15) is 9.59 Å². The average molecular weight is 421 g/mol. The molecule has 2 heterocycles. The van der Waals surface area contributed by atoms with Crippen LogP contribution in [0.4, 0.5) is 5.82 Å². The lowest BCUT2D eigenvalue weighted by atomic mass is 9.84. The van der Waals surface area contributed by atoms with E-state index >= 15 is 0 Å². The third-order valence-corrected chi connectivity index (χ3v) is 4.68. The van der Waals surface area contributed by atoms with Gasteiger partial charge in [-0.3, -0.25) is 0 Å². The Morgan fingerprint density at radius 3 is 2.15 bits per heavy atom. The van der Waals surface area contributed by atoms with Crippen LogP contribution in [0.2, 0.25) is 0 Å². The summed E-state index contributed by atoms with van der Waals surface area (Å²) in [5.74, 6) is -1.34. The number of hydrogen-bond acceptors (Lipinski definition) is 8. The Hall–Kier alpha value is -2.55. The summed E-state index contributed by atoms with van der Waals surface area (Å²) in [6.07, 6.45) is 0. The van der Waals surface area contributed by atoms with Gasteiger partial charge in [0.15, 0.2) is 5.82 Å². The zero-order chi connectivity index (χ0) is 18.9. The molecule has 2 aromatic rings. The number of ether oxygens (including phenoxy) is 2. The van der Waals surface area contributed by atoms with Crippen molar-refractivity contribution in [1.82, 2.24) is 9.97 Å². The van der Waals surface area contributed by atoms with Gasteiger partial charge in [0.1, 0.15) is 10.3 Å². The van der Waals surface area contributed by atoms with Crippen molar-refractivity contribution < 1.29 is 19.1 Å². The number of nitrogens with zero attached hydrogens (tertiary/aromatic N) is 4. The highest BCUT2D eigenvalue weighted by atomic mass is 79.9. The van der Waals surface area contributed by atoms with Gasteiger partial charge in [0, 0.05) is 7.05 Å². The zero-order valence-electron chi connectivity index (χ0n) is 14.5. The van der Waals surface area contributed by atoms with Crippen molar-refractivity contribution in [3.8, 4) is 0 Å². The minimum atomic E-state index is -1.95. The van der Waals surface area contributed by atoms with E-state index in [1.807, 2.05) is 6.07 Å². The van der Waals surface area contributed by atoms with Crippen LogP contribution < -0.4 is 5.01 Å². The quantitative estimate of drug-likeness (QED) is 0.552. The maximum Gasteiger partial charge on any atom is 0.336 e. The van der Waals surface area contributed by atoms with Crippen LogP contribution in [0.1, 0.15) is 19.5 Å². The highest BCUT2D eigenvalue weighted by molar-refractivity contribution is 9.18. The number of halogens is 1. The molecule has 0 N–H and O–H groups in total. The molecule has 0 unspecified atom stereocenters. The zero-order valence-corrected chi connectivity index (χ0v) is 16.1. The first-order valence-corrected chi connectivity index (χ1v) is 8.86. The molecule has 8 nitrogen and oxygen atoms in total. The molecule has 1 aliphatic rings. The van der Waals surface area contributed by atoms with Crippen molar-refractivity contribution in [2.75, 3.05) is 25.3 Å². The fraction of sp³-hybridized carbons (Fsp3) is 0.353. The Kier molecular flexibility index (Phi) is 4.90. The molecule has 1 aromatic heterocycles. The Balaban J connectivity index is 2.36. The van der Waals surface area contributed by atoms with Crippen molar-refractivity contribution in [2.24, 2.45) is 5.10 Å². The summed E-state index contributed by atoms with van der Waals surface area (Å²) >= 11 is 3.27. The topological polar surface area (TPSA) is 94.0 Å². The van der Waals surface area contributed by atoms with E-state index in [4.69, 9.17) is 9.47 Å². The Bertz CT molecular complexity index is 897. The molecule has 1 aromatic carbocycles. The maximum absolute atomic E-state index is 12.9. The number of fused-ring (bicyclic) bond motifs is 2. The lowest BCUT2D eigenvalue weighted by Crippen LogP contribution is -2.54. The summed E-state index contributed by atoms with van der Waals surface area (Å²) in [7, 11) is 1.66. The van der Waals surface area contributed by atoms with E-state index in [2.05, 4.69) is 31.0 Å². The van der Waals surface area contributed by atoms with E-state index in [-0.39, 0.29) is 29.3 Å². The lowest BCUT2D eigenvalue weighted by molar-refractivity contribution is -0.160. The maximum atomic E-state index is 12.9. The van der Waals surface area contributed by atoms with Crippen LogP contribution >= 0.6 is 15.9 Å². The van der Waals surface area contributed by atoms with Gasteiger partial charge in [-0.1, -0.05) is 12.1 Å². The first-order chi connectivity index (χ1) is 12.5. The largest absolute Gasteiger partial charge is 0.465 e. The number of hydrogen-bond donors (Lipinski definition) is 0. The molecule has 9 heteroatoms. The van der Waals surface area contributed by atoms with Crippen molar-refractivity contribution >= 4 is 49.3 Å². The first kappa shape index (κ1) is 18.2. The van der Waals surface area contributed by atoms with Gasteiger partial charge in [0.25, 0.3) is 5.41 Å².